The number of fused-ring (bicyclic) bond motifs is 1. The maximum Gasteiger partial charge on any atom is 0.207 e. The summed E-state index contributed by atoms with van der Waals surface area (Å²) in [6, 6.07) is 6.22. The minimum atomic E-state index is -0.426. The van der Waals surface area contributed by atoms with Gasteiger partial charge in [-0.15, -0.1) is 0 Å². The van der Waals surface area contributed by atoms with Crippen LogP contribution in [0.4, 0.5) is 10.3 Å². The first-order chi connectivity index (χ1) is 9.08. The largest absolute Gasteiger partial charge is 0.369 e. The van der Waals surface area contributed by atoms with E-state index in [-0.39, 0.29) is 16.8 Å². The van der Waals surface area contributed by atoms with Gasteiger partial charge in [-0.2, -0.15) is 4.98 Å². The van der Waals surface area contributed by atoms with Gasteiger partial charge < -0.3 is 5.73 Å². The van der Waals surface area contributed by atoms with Gasteiger partial charge in [0.2, 0.25) is 5.95 Å². The molecule has 0 spiro atoms. The molecule has 0 bridgehead atoms. The number of nitrogen functional groups attached to an aromatic ring is 1. The first kappa shape index (κ1) is 11.9. The minimum Gasteiger partial charge on any atom is -0.369 e. The molecule has 0 aliphatic rings. The lowest BCUT2D eigenvalue weighted by atomic mass is 10.3. The van der Waals surface area contributed by atoms with Crippen molar-refractivity contribution in [2.24, 2.45) is 0 Å². The summed E-state index contributed by atoms with van der Waals surface area (Å²) in [6.45, 7) is 1.70. The molecule has 0 amide bonds. The third kappa shape index (κ3) is 1.80. The van der Waals surface area contributed by atoms with Crippen molar-refractivity contribution in [3.05, 3.63) is 41.1 Å². The second-order valence-corrected chi connectivity index (χ2v) is 4.35. The Kier molecular flexibility index (Phi) is 2.60. The quantitative estimate of drug-likeness (QED) is 0.694. The number of benzene rings is 1. The second kappa shape index (κ2) is 4.17. The van der Waals surface area contributed by atoms with Crippen molar-refractivity contribution in [2.45, 2.75) is 6.92 Å². The standard InChI is InChI=1S/C12H9ClFN5/c1-6-16-10(13)9-11(17-6)18-12(15)19(9)8-5-3-2-4-7(8)14/h2-5H,1H3,(H2,15,16,17,18). The Morgan fingerprint density at radius 1 is 1.21 bits per heavy atom. The van der Waals surface area contributed by atoms with Gasteiger partial charge in [-0.05, 0) is 19.1 Å². The summed E-state index contributed by atoms with van der Waals surface area (Å²) in [4.78, 5) is 12.3. The third-order valence-electron chi connectivity index (χ3n) is 2.70. The normalized spacial score (nSPS) is 11.1. The van der Waals surface area contributed by atoms with Gasteiger partial charge in [0, 0.05) is 0 Å². The van der Waals surface area contributed by atoms with Crippen LogP contribution in [0, 0.1) is 12.7 Å². The van der Waals surface area contributed by atoms with Crippen LogP contribution < -0.4 is 5.73 Å². The van der Waals surface area contributed by atoms with Crippen LogP contribution in [-0.2, 0) is 0 Å². The highest BCUT2D eigenvalue weighted by Gasteiger charge is 2.17. The molecule has 0 fully saturated rings. The average Bonchev–Trinajstić information content (AvgIpc) is 2.66. The number of para-hydroxylation sites is 1. The Morgan fingerprint density at radius 2 is 1.95 bits per heavy atom. The minimum absolute atomic E-state index is 0.113. The van der Waals surface area contributed by atoms with E-state index in [0.29, 0.717) is 17.0 Å². The van der Waals surface area contributed by atoms with Crippen molar-refractivity contribution >= 4 is 28.7 Å². The molecule has 0 saturated heterocycles. The van der Waals surface area contributed by atoms with Gasteiger partial charge in [0.15, 0.2) is 10.8 Å². The van der Waals surface area contributed by atoms with Crippen LogP contribution >= 0.6 is 11.6 Å². The Hall–Kier alpha value is -2.21. The summed E-state index contributed by atoms with van der Waals surface area (Å²) >= 11 is 6.09. The number of aryl methyl sites for hydroxylation is 1. The number of halogens is 2. The zero-order chi connectivity index (χ0) is 13.6. The monoisotopic (exact) mass is 277 g/mol. The fraction of sp³-hybridized carbons (Fsp3) is 0.0833. The molecule has 2 N–H and O–H groups in total. The molecule has 5 nitrogen and oxygen atoms in total. The molecule has 0 aliphatic heterocycles. The SMILES string of the molecule is Cc1nc(Cl)c2c(n1)nc(N)n2-c1ccccc1F. The maximum absolute atomic E-state index is 13.9. The van der Waals surface area contributed by atoms with Gasteiger partial charge in [-0.25, -0.2) is 14.4 Å². The van der Waals surface area contributed by atoms with Gasteiger partial charge in [-0.1, -0.05) is 23.7 Å². The topological polar surface area (TPSA) is 69.6 Å². The Balaban J connectivity index is 2.42. The average molecular weight is 278 g/mol. The number of rotatable bonds is 1. The molecular formula is C12H9ClFN5. The zero-order valence-electron chi connectivity index (χ0n) is 9.93. The van der Waals surface area contributed by atoms with E-state index < -0.39 is 5.82 Å². The molecule has 7 heteroatoms. The molecule has 0 radical (unpaired) electrons. The number of anilines is 1. The zero-order valence-corrected chi connectivity index (χ0v) is 10.7. The number of hydrogen-bond donors (Lipinski definition) is 1. The number of imidazole rings is 1. The smallest absolute Gasteiger partial charge is 0.207 e. The van der Waals surface area contributed by atoms with Crippen molar-refractivity contribution < 1.29 is 4.39 Å². The highest BCUT2D eigenvalue weighted by atomic mass is 35.5. The molecule has 2 heterocycles. The lowest BCUT2D eigenvalue weighted by Gasteiger charge is -2.07. The summed E-state index contributed by atoms with van der Waals surface area (Å²) < 4.78 is 15.3. The fourth-order valence-corrected chi connectivity index (χ4v) is 2.23. The first-order valence-electron chi connectivity index (χ1n) is 5.51. The number of hydrogen-bond acceptors (Lipinski definition) is 4. The van der Waals surface area contributed by atoms with Gasteiger partial charge in [-0.3, -0.25) is 4.57 Å². The van der Waals surface area contributed by atoms with Crippen LogP contribution in [0.1, 0.15) is 5.82 Å². The summed E-state index contributed by atoms with van der Waals surface area (Å²) in [7, 11) is 0. The van der Waals surface area contributed by atoms with E-state index in [1.807, 2.05) is 0 Å². The van der Waals surface area contributed by atoms with E-state index in [1.54, 1.807) is 25.1 Å². The number of aromatic nitrogens is 4. The van der Waals surface area contributed by atoms with Crippen LogP contribution in [0.2, 0.25) is 5.15 Å². The van der Waals surface area contributed by atoms with E-state index in [1.165, 1.54) is 10.6 Å². The summed E-state index contributed by atoms with van der Waals surface area (Å²) in [5.41, 5.74) is 6.84. The highest BCUT2D eigenvalue weighted by Crippen LogP contribution is 2.27. The molecular weight excluding hydrogens is 269 g/mol. The van der Waals surface area contributed by atoms with Crippen molar-refractivity contribution in [2.75, 3.05) is 5.73 Å². The summed E-state index contributed by atoms with van der Waals surface area (Å²) in [6.07, 6.45) is 0. The Labute approximate surface area is 112 Å². The predicted octanol–water partition coefficient (Wildman–Crippen LogP) is 2.50. The fourth-order valence-electron chi connectivity index (χ4n) is 1.94. The Morgan fingerprint density at radius 3 is 2.68 bits per heavy atom. The summed E-state index contributed by atoms with van der Waals surface area (Å²) in [5.74, 6) is 0.169. The first-order valence-corrected chi connectivity index (χ1v) is 5.88. The van der Waals surface area contributed by atoms with Crippen molar-refractivity contribution in [1.29, 1.82) is 0 Å². The van der Waals surface area contributed by atoms with E-state index >= 15 is 0 Å². The van der Waals surface area contributed by atoms with Gasteiger partial charge in [0.1, 0.15) is 17.2 Å². The van der Waals surface area contributed by atoms with E-state index in [9.17, 15) is 4.39 Å². The number of nitrogens with two attached hydrogens (primary N) is 1. The van der Waals surface area contributed by atoms with Crippen LogP contribution in [-0.4, -0.2) is 19.5 Å². The van der Waals surface area contributed by atoms with Gasteiger partial charge in [0.25, 0.3) is 0 Å². The van der Waals surface area contributed by atoms with E-state index in [4.69, 9.17) is 17.3 Å². The molecule has 2 aromatic heterocycles. The van der Waals surface area contributed by atoms with E-state index in [2.05, 4.69) is 15.0 Å². The maximum atomic E-state index is 13.9. The van der Waals surface area contributed by atoms with Crippen LogP contribution in [0.3, 0.4) is 0 Å². The number of nitrogens with zero attached hydrogens (tertiary/aromatic N) is 4. The molecule has 0 aliphatic carbocycles. The molecule has 0 saturated carbocycles. The third-order valence-corrected chi connectivity index (χ3v) is 2.96. The van der Waals surface area contributed by atoms with Crippen LogP contribution in [0.15, 0.2) is 24.3 Å². The molecule has 3 rings (SSSR count). The van der Waals surface area contributed by atoms with Gasteiger partial charge >= 0.3 is 0 Å². The molecule has 3 aromatic rings. The van der Waals surface area contributed by atoms with Crippen LogP contribution in [0.5, 0.6) is 0 Å². The molecule has 0 unspecified atom stereocenters. The van der Waals surface area contributed by atoms with Crippen molar-refractivity contribution in [1.82, 2.24) is 19.5 Å². The molecule has 96 valence electrons. The lowest BCUT2D eigenvalue weighted by molar-refractivity contribution is 0.620. The van der Waals surface area contributed by atoms with Crippen molar-refractivity contribution in [3.63, 3.8) is 0 Å². The van der Waals surface area contributed by atoms with Crippen molar-refractivity contribution in [3.8, 4) is 5.69 Å². The van der Waals surface area contributed by atoms with Gasteiger partial charge in [0.05, 0.1) is 5.69 Å². The summed E-state index contributed by atoms with van der Waals surface area (Å²) in [5, 5.41) is 0.190. The Bertz CT molecular complexity index is 783. The van der Waals surface area contributed by atoms with E-state index in [0.717, 1.165) is 0 Å². The molecule has 0 atom stereocenters. The highest BCUT2D eigenvalue weighted by molar-refractivity contribution is 6.33. The molecule has 1 aromatic carbocycles. The lowest BCUT2D eigenvalue weighted by Crippen LogP contribution is -2.03. The van der Waals surface area contributed by atoms with Crippen LogP contribution in [0.25, 0.3) is 16.9 Å². The predicted molar refractivity (Wildman–Crippen MR) is 70.8 cm³/mol. The second-order valence-electron chi connectivity index (χ2n) is 3.99. The molecule has 19 heavy (non-hydrogen) atoms.